The molecule has 0 aliphatic carbocycles. The summed E-state index contributed by atoms with van der Waals surface area (Å²) >= 11 is 0. The summed E-state index contributed by atoms with van der Waals surface area (Å²) in [7, 11) is 2.98. The number of Topliss-reactive ketones (excluding diaryl/α,β-unsaturated/α-hetero) is 1. The first-order chi connectivity index (χ1) is 7.67. The minimum Gasteiger partial charge on any atom is -0.493 e. The molecule has 0 saturated carbocycles. The van der Waals surface area contributed by atoms with E-state index < -0.39 is 6.10 Å². The van der Waals surface area contributed by atoms with E-state index in [9.17, 15) is 9.90 Å². The van der Waals surface area contributed by atoms with Gasteiger partial charge in [-0.15, -0.1) is 0 Å². The smallest absolute Gasteiger partial charge is 0.198 e. The van der Waals surface area contributed by atoms with Crippen molar-refractivity contribution in [1.82, 2.24) is 0 Å². The quantitative estimate of drug-likeness (QED) is 0.798. The second kappa shape index (κ2) is 4.02. The molecular weight excluding hydrogens is 212 g/mol. The van der Waals surface area contributed by atoms with Crippen LogP contribution in [0.15, 0.2) is 12.1 Å². The van der Waals surface area contributed by atoms with Gasteiger partial charge in [0.2, 0.25) is 0 Å². The highest BCUT2D eigenvalue weighted by Gasteiger charge is 2.28. The number of ketones is 1. The SMILES string of the molecule is COc1cc2c(cc1OC)C(=O)[C@@H](O)CO2. The van der Waals surface area contributed by atoms with E-state index in [-0.39, 0.29) is 12.4 Å². The molecular formula is C11H12O5. The molecule has 0 radical (unpaired) electrons. The van der Waals surface area contributed by atoms with Crippen molar-refractivity contribution in [3.63, 3.8) is 0 Å². The maximum atomic E-state index is 11.7. The van der Waals surface area contributed by atoms with Crippen LogP contribution >= 0.6 is 0 Å². The highest BCUT2D eigenvalue weighted by Crippen LogP contribution is 2.36. The topological polar surface area (TPSA) is 65.0 Å². The van der Waals surface area contributed by atoms with Crippen LogP contribution in [-0.4, -0.2) is 37.8 Å². The highest BCUT2D eigenvalue weighted by molar-refractivity contribution is 6.03. The van der Waals surface area contributed by atoms with Crippen molar-refractivity contribution < 1.29 is 24.1 Å². The fourth-order valence-electron chi connectivity index (χ4n) is 1.60. The molecule has 1 N–H and O–H groups in total. The van der Waals surface area contributed by atoms with E-state index >= 15 is 0 Å². The largest absolute Gasteiger partial charge is 0.493 e. The Labute approximate surface area is 92.5 Å². The summed E-state index contributed by atoms with van der Waals surface area (Å²) in [5.74, 6) is 0.980. The van der Waals surface area contributed by atoms with Crippen LogP contribution in [0.3, 0.4) is 0 Å². The van der Waals surface area contributed by atoms with Crippen LogP contribution in [0.1, 0.15) is 10.4 Å². The number of benzene rings is 1. The molecule has 1 heterocycles. The number of aliphatic hydroxyl groups is 1. The molecule has 16 heavy (non-hydrogen) atoms. The molecule has 0 amide bonds. The van der Waals surface area contributed by atoms with Crippen LogP contribution in [0.2, 0.25) is 0 Å². The third-order valence-electron chi connectivity index (χ3n) is 2.45. The molecule has 1 aromatic rings. The second-order valence-corrected chi connectivity index (χ2v) is 3.39. The van der Waals surface area contributed by atoms with Gasteiger partial charge < -0.3 is 19.3 Å². The van der Waals surface area contributed by atoms with Crippen molar-refractivity contribution in [2.24, 2.45) is 0 Å². The third kappa shape index (κ3) is 1.59. The number of carbonyl (C=O) groups excluding carboxylic acids is 1. The lowest BCUT2D eigenvalue weighted by atomic mass is 10.0. The summed E-state index contributed by atoms with van der Waals surface area (Å²) < 4.78 is 15.4. The van der Waals surface area contributed by atoms with Crippen molar-refractivity contribution >= 4 is 5.78 Å². The minimum atomic E-state index is -1.11. The molecule has 0 saturated heterocycles. The molecule has 0 spiro atoms. The van der Waals surface area contributed by atoms with Crippen molar-refractivity contribution in [2.75, 3.05) is 20.8 Å². The molecule has 1 aromatic carbocycles. The molecule has 1 aliphatic rings. The predicted molar refractivity (Wildman–Crippen MR) is 55.4 cm³/mol. The van der Waals surface area contributed by atoms with Crippen molar-refractivity contribution in [2.45, 2.75) is 6.10 Å². The van der Waals surface area contributed by atoms with Gasteiger partial charge in [-0.1, -0.05) is 0 Å². The van der Waals surface area contributed by atoms with E-state index in [0.29, 0.717) is 22.8 Å². The number of aliphatic hydroxyl groups excluding tert-OH is 1. The summed E-state index contributed by atoms with van der Waals surface area (Å²) in [6.45, 7) is -0.0265. The lowest BCUT2D eigenvalue weighted by Crippen LogP contribution is -2.32. The van der Waals surface area contributed by atoms with Gasteiger partial charge in [-0.25, -0.2) is 0 Å². The summed E-state index contributed by atoms with van der Waals surface area (Å²) in [4.78, 5) is 11.7. The van der Waals surface area contributed by atoms with E-state index in [4.69, 9.17) is 14.2 Å². The Bertz CT molecular complexity index is 427. The van der Waals surface area contributed by atoms with Gasteiger partial charge >= 0.3 is 0 Å². The maximum absolute atomic E-state index is 11.7. The zero-order valence-electron chi connectivity index (χ0n) is 9.02. The van der Waals surface area contributed by atoms with Crippen molar-refractivity contribution in [3.05, 3.63) is 17.7 Å². The van der Waals surface area contributed by atoms with Crippen LogP contribution in [0, 0.1) is 0 Å². The lowest BCUT2D eigenvalue weighted by molar-refractivity contribution is 0.0556. The fourth-order valence-corrected chi connectivity index (χ4v) is 1.60. The Hall–Kier alpha value is -1.75. The number of rotatable bonds is 2. The predicted octanol–water partition coefficient (Wildman–Crippen LogP) is 0.640. The molecule has 0 bridgehead atoms. The monoisotopic (exact) mass is 224 g/mol. The number of methoxy groups -OCH3 is 2. The zero-order chi connectivity index (χ0) is 11.7. The number of hydrogen-bond donors (Lipinski definition) is 1. The van der Waals surface area contributed by atoms with Crippen LogP contribution in [0.25, 0.3) is 0 Å². The highest BCUT2D eigenvalue weighted by atomic mass is 16.5. The Balaban J connectivity index is 2.52. The van der Waals surface area contributed by atoms with Crippen molar-refractivity contribution in [3.8, 4) is 17.2 Å². The van der Waals surface area contributed by atoms with Gasteiger partial charge in [0.25, 0.3) is 0 Å². The standard InChI is InChI=1S/C11H12O5/c1-14-9-3-6-8(4-10(9)15-2)16-5-7(12)11(6)13/h3-4,7,12H,5H2,1-2H3/t7-/m0/s1. The third-order valence-corrected chi connectivity index (χ3v) is 2.45. The molecule has 2 rings (SSSR count). The van der Waals surface area contributed by atoms with Gasteiger partial charge in [-0.2, -0.15) is 0 Å². The summed E-state index contributed by atoms with van der Waals surface area (Å²) in [6.07, 6.45) is -1.11. The van der Waals surface area contributed by atoms with Gasteiger partial charge in [0.05, 0.1) is 19.8 Å². The van der Waals surface area contributed by atoms with Gasteiger partial charge in [0.15, 0.2) is 23.4 Å². The van der Waals surface area contributed by atoms with Crippen LogP contribution < -0.4 is 14.2 Å². The maximum Gasteiger partial charge on any atom is 0.198 e. The number of hydrogen-bond acceptors (Lipinski definition) is 5. The number of carbonyl (C=O) groups is 1. The van der Waals surface area contributed by atoms with Gasteiger partial charge in [0, 0.05) is 6.07 Å². The molecule has 86 valence electrons. The molecule has 0 aromatic heterocycles. The van der Waals surface area contributed by atoms with Crippen LogP contribution in [0.5, 0.6) is 17.2 Å². The molecule has 5 heteroatoms. The molecule has 0 unspecified atom stereocenters. The first-order valence-electron chi connectivity index (χ1n) is 4.78. The van der Waals surface area contributed by atoms with E-state index in [1.165, 1.54) is 20.3 Å². The Morgan fingerprint density at radius 1 is 1.31 bits per heavy atom. The normalized spacial score (nSPS) is 18.7. The first-order valence-corrected chi connectivity index (χ1v) is 4.78. The minimum absolute atomic E-state index is 0.0265. The Morgan fingerprint density at radius 3 is 2.56 bits per heavy atom. The van der Waals surface area contributed by atoms with Crippen LogP contribution in [0.4, 0.5) is 0 Å². The summed E-state index contributed by atoms with van der Waals surface area (Å²) in [6, 6.07) is 3.09. The van der Waals surface area contributed by atoms with E-state index in [2.05, 4.69) is 0 Å². The van der Waals surface area contributed by atoms with E-state index in [1.807, 2.05) is 0 Å². The van der Waals surface area contributed by atoms with Gasteiger partial charge in [-0.05, 0) is 6.07 Å². The molecule has 0 fully saturated rings. The summed E-state index contributed by atoms with van der Waals surface area (Å²) in [5.41, 5.74) is 0.316. The average molecular weight is 224 g/mol. The first kappa shape index (κ1) is 10.8. The molecule has 1 atom stereocenters. The zero-order valence-corrected chi connectivity index (χ0v) is 9.02. The summed E-state index contributed by atoms with van der Waals surface area (Å²) in [5, 5.41) is 9.37. The lowest BCUT2D eigenvalue weighted by Gasteiger charge is -2.21. The number of fused-ring (bicyclic) bond motifs is 1. The fraction of sp³-hybridized carbons (Fsp3) is 0.364. The van der Waals surface area contributed by atoms with Gasteiger partial charge in [0.1, 0.15) is 12.4 Å². The van der Waals surface area contributed by atoms with Gasteiger partial charge in [-0.3, -0.25) is 4.79 Å². The van der Waals surface area contributed by atoms with E-state index in [1.54, 1.807) is 6.07 Å². The van der Waals surface area contributed by atoms with E-state index in [0.717, 1.165) is 0 Å². The second-order valence-electron chi connectivity index (χ2n) is 3.39. The number of ether oxygens (including phenoxy) is 3. The molecule has 5 nitrogen and oxygen atoms in total. The van der Waals surface area contributed by atoms with Crippen molar-refractivity contribution in [1.29, 1.82) is 0 Å². The Kier molecular flexibility index (Phi) is 2.70. The van der Waals surface area contributed by atoms with Crippen LogP contribution in [-0.2, 0) is 0 Å². The molecule has 1 aliphatic heterocycles. The Morgan fingerprint density at radius 2 is 1.94 bits per heavy atom. The average Bonchev–Trinajstić information content (AvgIpc) is 2.32.